The molecule has 2 heterocycles. The molecule has 0 spiro atoms. The lowest BCUT2D eigenvalue weighted by Gasteiger charge is -2.05. The zero-order valence-electron chi connectivity index (χ0n) is 8.16. The Kier molecular flexibility index (Phi) is 2.82. The second-order valence-corrected chi connectivity index (χ2v) is 4.10. The van der Waals surface area contributed by atoms with Crippen LogP contribution < -0.4 is 4.84 Å². The average Bonchev–Trinajstić information content (AvgIpc) is 2.83. The first kappa shape index (κ1) is 10.6. The van der Waals surface area contributed by atoms with E-state index in [1.165, 1.54) is 23.5 Å². The van der Waals surface area contributed by atoms with Crippen LogP contribution in [0, 0.1) is 0 Å². The summed E-state index contributed by atoms with van der Waals surface area (Å²) in [4.78, 5) is 17.1. The van der Waals surface area contributed by atoms with Crippen molar-refractivity contribution in [3.8, 4) is 11.8 Å². The van der Waals surface area contributed by atoms with Gasteiger partial charge in [-0.25, -0.2) is 4.79 Å². The molecule has 0 saturated carbocycles. The molecular formula is C10H9NO4S. The highest BCUT2D eigenvalue weighted by molar-refractivity contribution is 7.10. The molecule has 84 valence electrons. The molecule has 0 aliphatic carbocycles. The van der Waals surface area contributed by atoms with Gasteiger partial charge < -0.3 is 15.1 Å². The highest BCUT2D eigenvalue weighted by Gasteiger charge is 2.12. The van der Waals surface area contributed by atoms with Crippen molar-refractivity contribution < 1.29 is 19.8 Å². The van der Waals surface area contributed by atoms with Crippen molar-refractivity contribution in [2.45, 2.75) is 6.42 Å². The van der Waals surface area contributed by atoms with Crippen molar-refractivity contribution in [2.24, 2.45) is 0 Å². The van der Waals surface area contributed by atoms with E-state index in [1.54, 1.807) is 6.07 Å². The molecule has 2 aromatic rings. The lowest BCUT2D eigenvalue weighted by Crippen LogP contribution is -2.20. The molecule has 6 heteroatoms. The summed E-state index contributed by atoms with van der Waals surface area (Å²) in [5.74, 6) is -1.20. The number of hydrogen-bond acceptors (Lipinski definition) is 5. The number of hydrogen-bond donors (Lipinski definition) is 2. The first-order chi connectivity index (χ1) is 7.66. The van der Waals surface area contributed by atoms with Gasteiger partial charge in [-0.1, -0.05) is 6.07 Å². The smallest absolute Gasteiger partial charge is 0.338 e. The third-order valence-electron chi connectivity index (χ3n) is 1.89. The van der Waals surface area contributed by atoms with Crippen LogP contribution in [0.3, 0.4) is 0 Å². The van der Waals surface area contributed by atoms with Crippen LogP contribution in [-0.4, -0.2) is 20.9 Å². The van der Waals surface area contributed by atoms with Gasteiger partial charge in [-0.3, -0.25) is 0 Å². The van der Waals surface area contributed by atoms with Gasteiger partial charge in [0, 0.05) is 17.0 Å². The van der Waals surface area contributed by atoms with Gasteiger partial charge in [0.15, 0.2) is 0 Å². The van der Waals surface area contributed by atoms with E-state index in [-0.39, 0.29) is 18.2 Å². The molecule has 0 aliphatic heterocycles. The summed E-state index contributed by atoms with van der Waals surface area (Å²) < 4.78 is 0.677. The van der Waals surface area contributed by atoms with Gasteiger partial charge in [0.05, 0.1) is 6.42 Å². The maximum Gasteiger partial charge on any atom is 0.338 e. The summed E-state index contributed by atoms with van der Waals surface area (Å²) in [5, 5.41) is 20.3. The van der Waals surface area contributed by atoms with E-state index in [1.807, 2.05) is 11.4 Å². The van der Waals surface area contributed by atoms with E-state index in [4.69, 9.17) is 4.84 Å². The summed E-state index contributed by atoms with van der Waals surface area (Å²) in [5.41, 5.74) is 0. The largest absolute Gasteiger partial charge is 0.492 e. The van der Waals surface area contributed by atoms with Gasteiger partial charge in [-0.2, -0.15) is 0 Å². The summed E-state index contributed by atoms with van der Waals surface area (Å²) in [7, 11) is 0. The maximum atomic E-state index is 11.4. The van der Waals surface area contributed by atoms with Crippen LogP contribution in [0.15, 0.2) is 29.6 Å². The predicted octanol–water partition coefficient (Wildman–Crippen LogP) is 1.16. The molecule has 16 heavy (non-hydrogen) atoms. The van der Waals surface area contributed by atoms with Gasteiger partial charge in [0.1, 0.15) is 0 Å². The molecule has 2 N–H and O–H groups in total. The molecule has 0 amide bonds. The Bertz CT molecular complexity index is 469. The van der Waals surface area contributed by atoms with Crippen LogP contribution in [0.4, 0.5) is 0 Å². The lowest BCUT2D eigenvalue weighted by atomic mass is 10.3. The Labute approximate surface area is 95.1 Å². The van der Waals surface area contributed by atoms with Gasteiger partial charge in [-0.05, 0) is 11.4 Å². The number of aromatic hydroxyl groups is 2. The van der Waals surface area contributed by atoms with Crippen LogP contribution in [0.2, 0.25) is 0 Å². The molecule has 0 bridgehead atoms. The standard InChI is InChI=1S/C10H9NO4S/c12-8-3-4-9(13)11(8)15-10(14)6-7-2-1-5-16-7/h1-5,12-13H,6H2. The second kappa shape index (κ2) is 4.28. The van der Waals surface area contributed by atoms with Gasteiger partial charge in [0.2, 0.25) is 11.8 Å². The number of aromatic nitrogens is 1. The summed E-state index contributed by atoms with van der Waals surface area (Å²) in [6, 6.07) is 6.10. The minimum absolute atomic E-state index is 0.106. The third-order valence-corrected chi connectivity index (χ3v) is 2.77. The number of nitrogens with zero attached hydrogens (tertiary/aromatic N) is 1. The van der Waals surface area contributed by atoms with Crippen molar-refractivity contribution >= 4 is 17.3 Å². The first-order valence-electron chi connectivity index (χ1n) is 4.50. The summed E-state index contributed by atoms with van der Waals surface area (Å²) >= 11 is 1.44. The van der Waals surface area contributed by atoms with Crippen LogP contribution >= 0.6 is 11.3 Å². The van der Waals surface area contributed by atoms with Crippen molar-refractivity contribution in [3.05, 3.63) is 34.5 Å². The van der Waals surface area contributed by atoms with Crippen molar-refractivity contribution in [1.82, 2.24) is 4.73 Å². The van der Waals surface area contributed by atoms with Crippen LogP contribution in [0.1, 0.15) is 4.88 Å². The molecule has 0 aromatic carbocycles. The molecule has 2 rings (SSSR count). The van der Waals surface area contributed by atoms with Crippen LogP contribution in [0.25, 0.3) is 0 Å². The number of carbonyl (C=O) groups excluding carboxylic acids is 1. The first-order valence-corrected chi connectivity index (χ1v) is 5.38. The van der Waals surface area contributed by atoms with Gasteiger partial charge >= 0.3 is 5.97 Å². The fourth-order valence-electron chi connectivity index (χ4n) is 1.18. The molecule has 0 unspecified atom stereocenters. The summed E-state index contributed by atoms with van der Waals surface area (Å²) in [6.45, 7) is 0. The highest BCUT2D eigenvalue weighted by Crippen LogP contribution is 2.19. The van der Waals surface area contributed by atoms with E-state index < -0.39 is 5.97 Å². The average molecular weight is 239 g/mol. The van der Waals surface area contributed by atoms with E-state index in [0.717, 1.165) is 4.88 Å². The summed E-state index contributed by atoms with van der Waals surface area (Å²) in [6.07, 6.45) is 0.106. The van der Waals surface area contributed by atoms with E-state index in [9.17, 15) is 15.0 Å². The van der Waals surface area contributed by atoms with Gasteiger partial charge in [-0.15, -0.1) is 16.1 Å². The monoisotopic (exact) mass is 239 g/mol. The molecule has 5 nitrogen and oxygen atoms in total. The van der Waals surface area contributed by atoms with Crippen LogP contribution in [0.5, 0.6) is 11.8 Å². The minimum atomic E-state index is -0.552. The molecule has 0 saturated heterocycles. The molecule has 0 radical (unpaired) electrons. The fraction of sp³-hybridized carbons (Fsp3) is 0.100. The number of carbonyl (C=O) groups is 1. The maximum absolute atomic E-state index is 11.4. The van der Waals surface area contributed by atoms with E-state index in [0.29, 0.717) is 4.73 Å². The zero-order valence-corrected chi connectivity index (χ0v) is 8.98. The Morgan fingerprint density at radius 3 is 2.56 bits per heavy atom. The molecule has 2 aromatic heterocycles. The highest BCUT2D eigenvalue weighted by atomic mass is 32.1. The molecular weight excluding hydrogens is 230 g/mol. The molecule has 0 fully saturated rings. The molecule has 0 aliphatic rings. The minimum Gasteiger partial charge on any atom is -0.492 e. The molecule has 0 atom stereocenters. The van der Waals surface area contributed by atoms with Crippen LogP contribution in [-0.2, 0) is 11.2 Å². The second-order valence-electron chi connectivity index (χ2n) is 3.06. The Morgan fingerprint density at radius 1 is 1.31 bits per heavy atom. The predicted molar refractivity (Wildman–Crippen MR) is 57.4 cm³/mol. The topological polar surface area (TPSA) is 71.7 Å². The quantitative estimate of drug-likeness (QED) is 0.843. The fourth-order valence-corrected chi connectivity index (χ4v) is 1.88. The Hall–Kier alpha value is -1.95. The van der Waals surface area contributed by atoms with Gasteiger partial charge in [0.25, 0.3) is 0 Å². The van der Waals surface area contributed by atoms with Crippen molar-refractivity contribution in [1.29, 1.82) is 0 Å². The lowest BCUT2D eigenvalue weighted by molar-refractivity contribution is -0.144. The Balaban J connectivity index is 2.03. The van der Waals surface area contributed by atoms with E-state index in [2.05, 4.69) is 0 Å². The van der Waals surface area contributed by atoms with Crippen molar-refractivity contribution in [2.75, 3.05) is 0 Å². The number of thiophene rings is 1. The SMILES string of the molecule is O=C(Cc1cccs1)On1c(O)ccc1O. The Morgan fingerprint density at radius 2 is 2.00 bits per heavy atom. The third kappa shape index (κ3) is 2.17. The number of rotatable bonds is 3. The zero-order chi connectivity index (χ0) is 11.5. The van der Waals surface area contributed by atoms with E-state index >= 15 is 0 Å². The normalized spacial score (nSPS) is 10.2. The van der Waals surface area contributed by atoms with Crippen molar-refractivity contribution in [3.63, 3.8) is 0 Å².